The van der Waals surface area contributed by atoms with E-state index in [1.807, 2.05) is 0 Å². The molecule has 0 aliphatic carbocycles. The molecule has 21 heavy (non-hydrogen) atoms. The quantitative estimate of drug-likeness (QED) is 0.652. The molecule has 2 rings (SSSR count). The fraction of sp³-hybridized carbons (Fsp3) is 0.133. The Morgan fingerprint density at radius 1 is 1.19 bits per heavy atom. The Balaban J connectivity index is 1.98. The molecule has 1 atom stereocenters. The zero-order valence-electron chi connectivity index (χ0n) is 11.1. The van der Waals surface area contributed by atoms with E-state index >= 15 is 0 Å². The van der Waals surface area contributed by atoms with E-state index < -0.39 is 6.04 Å². The number of benzene rings is 2. The highest BCUT2D eigenvalue weighted by Gasteiger charge is 2.14. The fourth-order valence-electron chi connectivity index (χ4n) is 1.80. The van der Waals surface area contributed by atoms with Gasteiger partial charge in [0.1, 0.15) is 11.5 Å². The average Bonchev–Trinajstić information content (AvgIpc) is 2.45. The first kappa shape index (κ1) is 15.2. The number of nitrogens with two attached hydrogens (primary N) is 1. The normalized spacial score (nSPS) is 11.9. The number of phenols is 2. The van der Waals surface area contributed by atoms with Crippen molar-refractivity contribution in [3.8, 4) is 11.5 Å². The lowest BCUT2D eigenvalue weighted by molar-refractivity contribution is -0.117. The van der Waals surface area contributed by atoms with Crippen LogP contribution >= 0.6 is 11.6 Å². The summed E-state index contributed by atoms with van der Waals surface area (Å²) in [6.45, 7) is 0. The summed E-state index contributed by atoms with van der Waals surface area (Å²) in [5.41, 5.74) is 7.15. The molecule has 0 bridgehead atoms. The number of phenolic OH excluding ortho intramolecular Hbond substituents is 2. The Morgan fingerprint density at radius 2 is 1.86 bits per heavy atom. The minimum Gasteiger partial charge on any atom is -0.508 e. The molecule has 0 unspecified atom stereocenters. The summed E-state index contributed by atoms with van der Waals surface area (Å²) in [5, 5.41) is 21.3. The van der Waals surface area contributed by atoms with E-state index in [-0.39, 0.29) is 22.4 Å². The Labute approximate surface area is 127 Å². The number of rotatable bonds is 4. The summed E-state index contributed by atoms with van der Waals surface area (Å²) in [7, 11) is 0. The molecule has 6 heteroatoms. The van der Waals surface area contributed by atoms with Crippen LogP contribution in [0.4, 0.5) is 5.69 Å². The van der Waals surface area contributed by atoms with Crippen molar-refractivity contribution < 1.29 is 15.0 Å². The summed E-state index contributed by atoms with van der Waals surface area (Å²) in [4.78, 5) is 12.0. The maximum absolute atomic E-state index is 12.0. The molecule has 0 saturated heterocycles. The van der Waals surface area contributed by atoms with Crippen LogP contribution in [0.1, 0.15) is 5.56 Å². The first-order valence-electron chi connectivity index (χ1n) is 6.28. The Hall–Kier alpha value is -2.24. The molecule has 0 fully saturated rings. The number of hydrogen-bond donors (Lipinski definition) is 4. The van der Waals surface area contributed by atoms with Crippen molar-refractivity contribution in [1.29, 1.82) is 0 Å². The van der Waals surface area contributed by atoms with Gasteiger partial charge in [-0.05, 0) is 42.3 Å². The van der Waals surface area contributed by atoms with Gasteiger partial charge in [-0.1, -0.05) is 23.7 Å². The van der Waals surface area contributed by atoms with E-state index in [0.29, 0.717) is 12.1 Å². The van der Waals surface area contributed by atoms with Crippen molar-refractivity contribution in [2.75, 3.05) is 5.32 Å². The molecule has 2 aromatic carbocycles. The molecule has 5 N–H and O–H groups in total. The number of halogens is 1. The lowest BCUT2D eigenvalue weighted by Crippen LogP contribution is -2.37. The van der Waals surface area contributed by atoms with Crippen molar-refractivity contribution in [2.24, 2.45) is 5.73 Å². The third kappa shape index (κ3) is 4.11. The molecule has 0 aliphatic heterocycles. The maximum Gasteiger partial charge on any atom is 0.241 e. The van der Waals surface area contributed by atoms with Crippen molar-refractivity contribution in [3.63, 3.8) is 0 Å². The molecule has 1 amide bonds. The van der Waals surface area contributed by atoms with Gasteiger partial charge in [0.25, 0.3) is 0 Å². The monoisotopic (exact) mass is 306 g/mol. The van der Waals surface area contributed by atoms with Crippen LogP contribution in [-0.2, 0) is 11.2 Å². The number of carbonyl (C=O) groups excluding carboxylic acids is 1. The van der Waals surface area contributed by atoms with E-state index in [1.165, 1.54) is 18.2 Å². The Morgan fingerprint density at radius 3 is 2.48 bits per heavy atom. The molecule has 110 valence electrons. The highest BCUT2D eigenvalue weighted by Crippen LogP contribution is 2.26. The largest absolute Gasteiger partial charge is 0.508 e. The van der Waals surface area contributed by atoms with Gasteiger partial charge < -0.3 is 21.3 Å². The second-order valence-electron chi connectivity index (χ2n) is 4.63. The molecule has 0 saturated carbocycles. The number of anilines is 1. The average molecular weight is 307 g/mol. The summed E-state index contributed by atoms with van der Waals surface area (Å²) >= 11 is 5.77. The predicted octanol–water partition coefficient (Wildman–Crippen LogP) is 2.26. The highest BCUT2D eigenvalue weighted by molar-refractivity contribution is 6.32. The molecular formula is C15H15ClN2O3. The van der Waals surface area contributed by atoms with Gasteiger partial charge in [0.2, 0.25) is 5.91 Å². The highest BCUT2D eigenvalue weighted by atomic mass is 35.5. The van der Waals surface area contributed by atoms with Gasteiger partial charge in [0, 0.05) is 5.69 Å². The first-order chi connectivity index (χ1) is 9.95. The third-order valence-corrected chi connectivity index (χ3v) is 3.25. The van der Waals surface area contributed by atoms with Crippen LogP contribution in [0, 0.1) is 0 Å². The maximum atomic E-state index is 12.0. The smallest absolute Gasteiger partial charge is 0.241 e. The van der Waals surface area contributed by atoms with Gasteiger partial charge in [0.05, 0.1) is 11.1 Å². The van der Waals surface area contributed by atoms with Crippen LogP contribution in [0.3, 0.4) is 0 Å². The number of nitrogens with one attached hydrogen (secondary N) is 1. The SMILES string of the molecule is N[C@@H](Cc1ccc(O)cc1)C(=O)Nc1ccc(O)c(Cl)c1. The molecule has 0 radical (unpaired) electrons. The minimum absolute atomic E-state index is 0.0527. The zero-order valence-corrected chi connectivity index (χ0v) is 11.8. The standard InChI is InChI=1S/C15H15ClN2O3/c16-12-8-10(3-6-14(12)20)18-15(21)13(17)7-9-1-4-11(19)5-2-9/h1-6,8,13,19-20H,7,17H2,(H,18,21)/t13-/m0/s1. The van der Waals surface area contributed by atoms with Crippen LogP contribution in [0.5, 0.6) is 11.5 Å². The van der Waals surface area contributed by atoms with E-state index in [2.05, 4.69) is 5.32 Å². The van der Waals surface area contributed by atoms with Crippen LogP contribution in [-0.4, -0.2) is 22.2 Å². The lowest BCUT2D eigenvalue weighted by Gasteiger charge is -2.13. The minimum atomic E-state index is -0.734. The number of hydrogen-bond acceptors (Lipinski definition) is 4. The molecule has 2 aromatic rings. The molecule has 0 spiro atoms. The number of aromatic hydroxyl groups is 2. The Bertz CT molecular complexity index is 644. The van der Waals surface area contributed by atoms with E-state index in [4.69, 9.17) is 17.3 Å². The predicted molar refractivity (Wildman–Crippen MR) is 81.5 cm³/mol. The summed E-state index contributed by atoms with van der Waals surface area (Å²) in [5.74, 6) is -0.247. The lowest BCUT2D eigenvalue weighted by atomic mass is 10.1. The van der Waals surface area contributed by atoms with Gasteiger partial charge >= 0.3 is 0 Å². The van der Waals surface area contributed by atoms with E-state index in [0.717, 1.165) is 5.56 Å². The molecule has 0 aliphatic rings. The molecule has 5 nitrogen and oxygen atoms in total. The van der Waals surface area contributed by atoms with Crippen molar-refractivity contribution >= 4 is 23.2 Å². The van der Waals surface area contributed by atoms with Crippen LogP contribution in [0.2, 0.25) is 5.02 Å². The van der Waals surface area contributed by atoms with E-state index in [9.17, 15) is 15.0 Å². The van der Waals surface area contributed by atoms with Crippen LogP contribution < -0.4 is 11.1 Å². The van der Waals surface area contributed by atoms with Crippen molar-refractivity contribution in [2.45, 2.75) is 12.5 Å². The summed E-state index contributed by atoms with van der Waals surface area (Å²) in [6.07, 6.45) is 0.345. The topological polar surface area (TPSA) is 95.6 Å². The van der Waals surface area contributed by atoms with Crippen LogP contribution in [0.15, 0.2) is 42.5 Å². The zero-order chi connectivity index (χ0) is 15.4. The molecule has 0 heterocycles. The second kappa shape index (κ2) is 6.47. The first-order valence-corrected chi connectivity index (χ1v) is 6.66. The molecular weight excluding hydrogens is 292 g/mol. The van der Waals surface area contributed by atoms with Gasteiger partial charge in [-0.25, -0.2) is 0 Å². The number of amides is 1. The molecule has 0 aromatic heterocycles. The van der Waals surface area contributed by atoms with Gasteiger partial charge in [-0.15, -0.1) is 0 Å². The third-order valence-electron chi connectivity index (χ3n) is 2.94. The summed E-state index contributed by atoms with van der Waals surface area (Å²) < 4.78 is 0. The van der Waals surface area contributed by atoms with Crippen molar-refractivity contribution in [1.82, 2.24) is 0 Å². The van der Waals surface area contributed by atoms with Crippen molar-refractivity contribution in [3.05, 3.63) is 53.1 Å². The van der Waals surface area contributed by atoms with Gasteiger partial charge in [0.15, 0.2) is 0 Å². The Kier molecular flexibility index (Phi) is 4.67. The van der Waals surface area contributed by atoms with Gasteiger partial charge in [-0.2, -0.15) is 0 Å². The fourth-order valence-corrected chi connectivity index (χ4v) is 1.98. The van der Waals surface area contributed by atoms with Gasteiger partial charge in [-0.3, -0.25) is 4.79 Å². The summed E-state index contributed by atoms with van der Waals surface area (Å²) in [6, 6.07) is 10.1. The van der Waals surface area contributed by atoms with Crippen LogP contribution in [0.25, 0.3) is 0 Å². The second-order valence-corrected chi connectivity index (χ2v) is 5.04. The van der Waals surface area contributed by atoms with E-state index in [1.54, 1.807) is 24.3 Å². The number of carbonyl (C=O) groups is 1.